The summed E-state index contributed by atoms with van der Waals surface area (Å²) in [5, 5.41) is 9.62. The lowest BCUT2D eigenvalue weighted by Crippen LogP contribution is -2.14. The first-order valence-corrected chi connectivity index (χ1v) is 7.10. The van der Waals surface area contributed by atoms with Crippen LogP contribution in [0.3, 0.4) is 0 Å². The molecule has 1 aromatic carbocycles. The highest BCUT2D eigenvalue weighted by atomic mass is 16.5. The number of esters is 1. The SMILES string of the molecule is CCCc1cc(C(=O)Nc2cccc(C(=O)OC)c2C)n[nH]1. The lowest BCUT2D eigenvalue weighted by molar-refractivity contribution is 0.0599. The van der Waals surface area contributed by atoms with Crippen molar-refractivity contribution in [3.8, 4) is 0 Å². The Morgan fingerprint density at radius 2 is 2.14 bits per heavy atom. The number of H-pyrrole nitrogens is 1. The maximum atomic E-state index is 12.2. The van der Waals surface area contributed by atoms with Gasteiger partial charge >= 0.3 is 5.97 Å². The number of nitrogens with one attached hydrogen (secondary N) is 2. The number of amides is 1. The van der Waals surface area contributed by atoms with E-state index in [9.17, 15) is 9.59 Å². The largest absolute Gasteiger partial charge is 0.465 e. The number of aromatic amines is 1. The zero-order chi connectivity index (χ0) is 16.1. The topological polar surface area (TPSA) is 84.1 Å². The zero-order valence-electron chi connectivity index (χ0n) is 12.9. The van der Waals surface area contributed by atoms with E-state index in [0.717, 1.165) is 18.5 Å². The number of methoxy groups -OCH3 is 1. The van der Waals surface area contributed by atoms with Gasteiger partial charge in [-0.25, -0.2) is 4.79 Å². The second-order valence-corrected chi connectivity index (χ2v) is 4.95. The van der Waals surface area contributed by atoms with Crippen molar-refractivity contribution in [1.29, 1.82) is 0 Å². The van der Waals surface area contributed by atoms with Gasteiger partial charge < -0.3 is 10.1 Å². The molecule has 0 fully saturated rings. The van der Waals surface area contributed by atoms with E-state index < -0.39 is 5.97 Å². The number of rotatable bonds is 5. The Bertz CT molecular complexity index is 692. The first-order valence-electron chi connectivity index (χ1n) is 7.10. The molecule has 0 saturated carbocycles. The second kappa shape index (κ2) is 6.89. The van der Waals surface area contributed by atoms with Crippen LogP contribution in [-0.4, -0.2) is 29.2 Å². The fourth-order valence-corrected chi connectivity index (χ4v) is 2.16. The zero-order valence-corrected chi connectivity index (χ0v) is 12.9. The number of aryl methyl sites for hydroxylation is 1. The summed E-state index contributed by atoms with van der Waals surface area (Å²) in [5.41, 5.74) is 2.90. The van der Waals surface area contributed by atoms with Gasteiger partial charge in [0.25, 0.3) is 5.91 Å². The van der Waals surface area contributed by atoms with Gasteiger partial charge in [0.2, 0.25) is 0 Å². The molecule has 0 radical (unpaired) electrons. The quantitative estimate of drug-likeness (QED) is 0.832. The van der Waals surface area contributed by atoms with Gasteiger partial charge in [-0.05, 0) is 37.1 Å². The van der Waals surface area contributed by atoms with Crippen molar-refractivity contribution < 1.29 is 14.3 Å². The monoisotopic (exact) mass is 301 g/mol. The number of ether oxygens (including phenoxy) is 1. The summed E-state index contributed by atoms with van der Waals surface area (Å²) < 4.78 is 4.72. The Labute approximate surface area is 128 Å². The highest BCUT2D eigenvalue weighted by Crippen LogP contribution is 2.20. The Kier molecular flexibility index (Phi) is 4.93. The normalized spacial score (nSPS) is 10.3. The van der Waals surface area contributed by atoms with Crippen LogP contribution >= 0.6 is 0 Å². The van der Waals surface area contributed by atoms with E-state index in [1.807, 2.05) is 0 Å². The number of hydrogen-bond acceptors (Lipinski definition) is 4. The standard InChI is InChI=1S/C16H19N3O3/c1-4-6-11-9-14(19-18-11)15(20)17-13-8-5-7-12(10(13)2)16(21)22-3/h5,7-9H,4,6H2,1-3H3,(H,17,20)(H,18,19). The molecule has 1 heterocycles. The van der Waals surface area contributed by atoms with E-state index in [0.29, 0.717) is 22.5 Å². The Balaban J connectivity index is 2.19. The summed E-state index contributed by atoms with van der Waals surface area (Å²) >= 11 is 0. The van der Waals surface area contributed by atoms with E-state index in [4.69, 9.17) is 4.74 Å². The van der Waals surface area contributed by atoms with E-state index >= 15 is 0 Å². The molecule has 2 rings (SSSR count). The smallest absolute Gasteiger partial charge is 0.338 e. The minimum Gasteiger partial charge on any atom is -0.465 e. The predicted molar refractivity (Wildman–Crippen MR) is 83.1 cm³/mol. The molecule has 116 valence electrons. The van der Waals surface area contributed by atoms with E-state index in [1.165, 1.54) is 7.11 Å². The number of nitrogens with zero attached hydrogens (tertiary/aromatic N) is 1. The number of carbonyl (C=O) groups is 2. The van der Waals surface area contributed by atoms with Crippen LogP contribution in [0.15, 0.2) is 24.3 Å². The van der Waals surface area contributed by atoms with Crippen molar-refractivity contribution in [3.05, 3.63) is 46.8 Å². The lowest BCUT2D eigenvalue weighted by atomic mass is 10.1. The minimum absolute atomic E-state index is 0.316. The molecule has 0 saturated heterocycles. The first kappa shape index (κ1) is 15.8. The lowest BCUT2D eigenvalue weighted by Gasteiger charge is -2.10. The molecule has 0 spiro atoms. The van der Waals surface area contributed by atoms with Gasteiger partial charge in [0, 0.05) is 11.4 Å². The summed E-state index contributed by atoms with van der Waals surface area (Å²) in [7, 11) is 1.33. The highest BCUT2D eigenvalue weighted by molar-refractivity contribution is 6.04. The van der Waals surface area contributed by atoms with Crippen molar-refractivity contribution in [2.45, 2.75) is 26.7 Å². The summed E-state index contributed by atoms with van der Waals surface area (Å²) in [4.78, 5) is 23.9. The maximum Gasteiger partial charge on any atom is 0.338 e. The van der Waals surface area contributed by atoms with Crippen molar-refractivity contribution in [2.75, 3.05) is 12.4 Å². The van der Waals surface area contributed by atoms with Crippen LogP contribution in [-0.2, 0) is 11.2 Å². The number of carbonyl (C=O) groups excluding carboxylic acids is 2. The molecular weight excluding hydrogens is 282 g/mol. The summed E-state index contributed by atoms with van der Waals surface area (Å²) in [6, 6.07) is 6.82. The molecule has 22 heavy (non-hydrogen) atoms. The fourth-order valence-electron chi connectivity index (χ4n) is 2.16. The molecule has 1 amide bonds. The molecule has 0 aliphatic rings. The number of benzene rings is 1. The average molecular weight is 301 g/mol. The molecule has 2 aromatic rings. The van der Waals surface area contributed by atoms with Gasteiger partial charge in [-0.15, -0.1) is 0 Å². The van der Waals surface area contributed by atoms with Crippen LogP contribution in [0.25, 0.3) is 0 Å². The van der Waals surface area contributed by atoms with Gasteiger partial charge in [0.1, 0.15) is 0 Å². The number of hydrogen-bond donors (Lipinski definition) is 2. The molecule has 0 atom stereocenters. The van der Waals surface area contributed by atoms with E-state index in [2.05, 4.69) is 22.4 Å². The fraction of sp³-hybridized carbons (Fsp3) is 0.312. The van der Waals surface area contributed by atoms with Crippen molar-refractivity contribution in [3.63, 3.8) is 0 Å². The third-order valence-corrected chi connectivity index (χ3v) is 3.37. The van der Waals surface area contributed by atoms with Gasteiger partial charge in [0.15, 0.2) is 5.69 Å². The summed E-state index contributed by atoms with van der Waals surface area (Å²) in [6.07, 6.45) is 1.82. The van der Waals surface area contributed by atoms with Crippen molar-refractivity contribution in [1.82, 2.24) is 10.2 Å². The van der Waals surface area contributed by atoms with E-state index in [-0.39, 0.29) is 5.91 Å². The molecule has 2 N–H and O–H groups in total. The van der Waals surface area contributed by atoms with Crippen LogP contribution in [0.2, 0.25) is 0 Å². The summed E-state index contributed by atoms with van der Waals surface area (Å²) in [5.74, 6) is -0.748. The Morgan fingerprint density at radius 1 is 1.36 bits per heavy atom. The van der Waals surface area contributed by atoms with Gasteiger partial charge in [-0.3, -0.25) is 9.89 Å². The Morgan fingerprint density at radius 3 is 2.82 bits per heavy atom. The van der Waals surface area contributed by atoms with Gasteiger partial charge in [0.05, 0.1) is 12.7 Å². The van der Waals surface area contributed by atoms with E-state index in [1.54, 1.807) is 31.2 Å². The van der Waals surface area contributed by atoms with Crippen molar-refractivity contribution in [2.24, 2.45) is 0 Å². The van der Waals surface area contributed by atoms with Crippen molar-refractivity contribution >= 4 is 17.6 Å². The first-order chi connectivity index (χ1) is 10.6. The molecule has 0 unspecified atom stereocenters. The molecule has 6 nitrogen and oxygen atoms in total. The maximum absolute atomic E-state index is 12.2. The molecule has 0 aliphatic carbocycles. The molecule has 1 aromatic heterocycles. The second-order valence-electron chi connectivity index (χ2n) is 4.95. The molecule has 0 bridgehead atoms. The summed E-state index contributed by atoms with van der Waals surface area (Å²) in [6.45, 7) is 3.82. The highest BCUT2D eigenvalue weighted by Gasteiger charge is 2.15. The Hall–Kier alpha value is -2.63. The van der Waals surface area contributed by atoms with Crippen LogP contribution in [0.5, 0.6) is 0 Å². The molecular formula is C16H19N3O3. The van der Waals surface area contributed by atoms with Gasteiger partial charge in [-0.2, -0.15) is 5.10 Å². The van der Waals surface area contributed by atoms with Crippen LogP contribution in [0.4, 0.5) is 5.69 Å². The van der Waals surface area contributed by atoms with Crippen LogP contribution < -0.4 is 5.32 Å². The molecule has 6 heteroatoms. The minimum atomic E-state index is -0.432. The third-order valence-electron chi connectivity index (χ3n) is 3.37. The van der Waals surface area contributed by atoms with Crippen LogP contribution in [0, 0.1) is 6.92 Å². The van der Waals surface area contributed by atoms with Crippen LogP contribution in [0.1, 0.15) is 45.4 Å². The average Bonchev–Trinajstić information content (AvgIpc) is 2.98. The predicted octanol–water partition coefficient (Wildman–Crippen LogP) is 2.71. The molecule has 0 aliphatic heterocycles. The third kappa shape index (κ3) is 3.33. The number of anilines is 1. The van der Waals surface area contributed by atoms with Gasteiger partial charge in [-0.1, -0.05) is 19.4 Å². The number of aromatic nitrogens is 2.